The Morgan fingerprint density at radius 2 is 2.28 bits per heavy atom. The van der Waals surface area contributed by atoms with E-state index in [1.165, 1.54) is 0 Å². The number of aromatic nitrogens is 4. The van der Waals surface area contributed by atoms with Gasteiger partial charge in [0.05, 0.1) is 21.4 Å². The molecule has 0 saturated carbocycles. The number of halogens is 2. The van der Waals surface area contributed by atoms with Gasteiger partial charge in [-0.15, -0.1) is 0 Å². The number of nitrogens with one attached hydrogen (secondary N) is 1. The lowest BCUT2D eigenvalue weighted by molar-refractivity contribution is 0.818. The SMILES string of the molecule is CCCNc1ncc(Br)c(-n2cc(Cl)c(C)n2)n1. The minimum absolute atomic E-state index is 0.583. The van der Waals surface area contributed by atoms with Crippen molar-refractivity contribution in [1.29, 1.82) is 0 Å². The first-order valence-corrected chi connectivity index (χ1v) is 6.77. The molecule has 0 bridgehead atoms. The molecule has 0 fully saturated rings. The van der Waals surface area contributed by atoms with E-state index in [1.54, 1.807) is 17.1 Å². The molecule has 2 aromatic heterocycles. The molecule has 5 nitrogen and oxygen atoms in total. The number of hydrogen-bond donors (Lipinski definition) is 1. The summed E-state index contributed by atoms with van der Waals surface area (Å²) in [5, 5.41) is 8.05. The molecule has 2 rings (SSSR count). The summed E-state index contributed by atoms with van der Waals surface area (Å²) in [4.78, 5) is 8.60. The molecule has 0 aliphatic carbocycles. The first-order chi connectivity index (χ1) is 8.61. The van der Waals surface area contributed by atoms with Crippen LogP contribution >= 0.6 is 27.5 Å². The third-order valence-corrected chi connectivity index (χ3v) is 3.25. The quantitative estimate of drug-likeness (QED) is 0.935. The Hall–Kier alpha value is -1.14. The zero-order chi connectivity index (χ0) is 13.1. The molecule has 0 aromatic carbocycles. The number of aryl methyl sites for hydroxylation is 1. The Morgan fingerprint density at radius 3 is 2.89 bits per heavy atom. The molecule has 0 spiro atoms. The molecule has 2 aromatic rings. The molecule has 0 amide bonds. The first-order valence-electron chi connectivity index (χ1n) is 5.60. The van der Waals surface area contributed by atoms with E-state index in [-0.39, 0.29) is 0 Å². The van der Waals surface area contributed by atoms with Gasteiger partial charge in [-0.25, -0.2) is 9.67 Å². The van der Waals surface area contributed by atoms with E-state index in [1.807, 2.05) is 6.92 Å². The van der Waals surface area contributed by atoms with Gasteiger partial charge in [-0.3, -0.25) is 0 Å². The molecule has 96 valence electrons. The van der Waals surface area contributed by atoms with Crippen LogP contribution in [0.15, 0.2) is 16.9 Å². The van der Waals surface area contributed by atoms with Crippen LogP contribution in [0, 0.1) is 6.92 Å². The predicted molar refractivity (Wildman–Crippen MR) is 75.4 cm³/mol. The summed E-state index contributed by atoms with van der Waals surface area (Å²) >= 11 is 9.41. The molecular weight excluding hydrogens is 318 g/mol. The van der Waals surface area contributed by atoms with Gasteiger partial charge < -0.3 is 5.32 Å². The second-order valence-electron chi connectivity index (χ2n) is 3.80. The second-order valence-corrected chi connectivity index (χ2v) is 5.06. The lowest BCUT2D eigenvalue weighted by Gasteiger charge is -2.07. The van der Waals surface area contributed by atoms with Gasteiger partial charge in [0.1, 0.15) is 0 Å². The van der Waals surface area contributed by atoms with Crippen molar-refractivity contribution >= 4 is 33.5 Å². The minimum Gasteiger partial charge on any atom is -0.354 e. The van der Waals surface area contributed by atoms with Gasteiger partial charge in [-0.05, 0) is 29.3 Å². The Labute approximate surface area is 119 Å². The summed E-state index contributed by atoms with van der Waals surface area (Å²) in [7, 11) is 0. The fourth-order valence-corrected chi connectivity index (χ4v) is 1.89. The van der Waals surface area contributed by atoms with E-state index in [4.69, 9.17) is 11.6 Å². The summed E-state index contributed by atoms with van der Waals surface area (Å²) in [6, 6.07) is 0. The average Bonchev–Trinajstić information content (AvgIpc) is 2.68. The van der Waals surface area contributed by atoms with E-state index in [9.17, 15) is 0 Å². The fraction of sp³-hybridized carbons (Fsp3) is 0.364. The third kappa shape index (κ3) is 2.81. The third-order valence-electron chi connectivity index (χ3n) is 2.31. The predicted octanol–water partition coefficient (Wildman–Crippen LogP) is 3.21. The van der Waals surface area contributed by atoms with Crippen molar-refractivity contribution in [1.82, 2.24) is 19.7 Å². The molecule has 2 heterocycles. The summed E-state index contributed by atoms with van der Waals surface area (Å²) in [6.07, 6.45) is 4.44. The highest BCUT2D eigenvalue weighted by molar-refractivity contribution is 9.10. The van der Waals surface area contributed by atoms with Gasteiger partial charge in [-0.2, -0.15) is 10.1 Å². The standard InChI is InChI=1S/C11H13BrClN5/c1-3-4-14-11-15-5-8(12)10(16-11)18-6-9(13)7(2)17-18/h5-6H,3-4H2,1-2H3,(H,14,15,16). The van der Waals surface area contributed by atoms with Crippen molar-refractivity contribution in [2.24, 2.45) is 0 Å². The van der Waals surface area contributed by atoms with Gasteiger partial charge in [0.15, 0.2) is 5.82 Å². The summed E-state index contributed by atoms with van der Waals surface area (Å²) < 4.78 is 2.41. The lowest BCUT2D eigenvalue weighted by Crippen LogP contribution is -2.08. The number of hydrogen-bond acceptors (Lipinski definition) is 4. The monoisotopic (exact) mass is 329 g/mol. The van der Waals surface area contributed by atoms with E-state index in [0.29, 0.717) is 16.8 Å². The summed E-state index contributed by atoms with van der Waals surface area (Å²) in [5.74, 6) is 1.25. The largest absolute Gasteiger partial charge is 0.354 e. The molecule has 7 heteroatoms. The molecule has 0 aliphatic rings. The highest BCUT2D eigenvalue weighted by Gasteiger charge is 2.10. The van der Waals surface area contributed by atoms with Crippen LogP contribution in [0.25, 0.3) is 5.82 Å². The molecule has 0 aliphatic heterocycles. The Balaban J connectivity index is 2.36. The number of rotatable bonds is 4. The lowest BCUT2D eigenvalue weighted by atomic mass is 10.5. The van der Waals surface area contributed by atoms with E-state index in [2.05, 4.69) is 43.2 Å². The molecule has 18 heavy (non-hydrogen) atoms. The van der Waals surface area contributed by atoms with Crippen LogP contribution in [0.1, 0.15) is 19.0 Å². The maximum absolute atomic E-state index is 6.00. The van der Waals surface area contributed by atoms with Crippen molar-refractivity contribution in [3.05, 3.63) is 27.6 Å². The van der Waals surface area contributed by atoms with Crippen LogP contribution < -0.4 is 5.32 Å². The highest BCUT2D eigenvalue weighted by atomic mass is 79.9. The first kappa shape index (κ1) is 13.3. The molecule has 0 saturated heterocycles. The zero-order valence-corrected chi connectivity index (χ0v) is 12.5. The van der Waals surface area contributed by atoms with Gasteiger partial charge in [-0.1, -0.05) is 18.5 Å². The maximum atomic E-state index is 6.00. The topological polar surface area (TPSA) is 55.6 Å². The maximum Gasteiger partial charge on any atom is 0.224 e. The van der Waals surface area contributed by atoms with Crippen molar-refractivity contribution in [3.8, 4) is 5.82 Å². The van der Waals surface area contributed by atoms with Crippen molar-refractivity contribution < 1.29 is 0 Å². The van der Waals surface area contributed by atoms with Crippen LogP contribution in [-0.4, -0.2) is 26.3 Å². The molecular formula is C11H13BrClN5. The van der Waals surface area contributed by atoms with Gasteiger partial charge in [0.25, 0.3) is 0 Å². The summed E-state index contributed by atoms with van der Waals surface area (Å²) in [5.41, 5.74) is 0.769. The highest BCUT2D eigenvalue weighted by Crippen LogP contribution is 2.21. The van der Waals surface area contributed by atoms with Gasteiger partial charge >= 0.3 is 0 Å². The van der Waals surface area contributed by atoms with Crippen LogP contribution in [0.3, 0.4) is 0 Å². The van der Waals surface area contributed by atoms with Crippen LogP contribution in [0.5, 0.6) is 0 Å². The second kappa shape index (κ2) is 5.67. The normalized spacial score (nSPS) is 10.7. The minimum atomic E-state index is 0.583. The summed E-state index contributed by atoms with van der Waals surface area (Å²) in [6.45, 7) is 4.77. The fourth-order valence-electron chi connectivity index (χ4n) is 1.39. The van der Waals surface area contributed by atoms with E-state index < -0.39 is 0 Å². The van der Waals surface area contributed by atoms with Crippen molar-refractivity contribution in [3.63, 3.8) is 0 Å². The smallest absolute Gasteiger partial charge is 0.224 e. The van der Waals surface area contributed by atoms with Crippen molar-refractivity contribution in [2.75, 3.05) is 11.9 Å². The average molecular weight is 331 g/mol. The zero-order valence-electron chi connectivity index (χ0n) is 10.1. The molecule has 0 radical (unpaired) electrons. The Bertz CT molecular complexity index is 535. The van der Waals surface area contributed by atoms with E-state index >= 15 is 0 Å². The number of anilines is 1. The molecule has 0 atom stereocenters. The molecule has 0 unspecified atom stereocenters. The molecule has 1 N–H and O–H groups in total. The Morgan fingerprint density at radius 1 is 1.50 bits per heavy atom. The Kier molecular flexibility index (Phi) is 4.19. The van der Waals surface area contributed by atoms with Crippen LogP contribution in [-0.2, 0) is 0 Å². The van der Waals surface area contributed by atoms with Gasteiger partial charge in [0, 0.05) is 12.7 Å². The van der Waals surface area contributed by atoms with Crippen LogP contribution in [0.2, 0.25) is 5.02 Å². The van der Waals surface area contributed by atoms with Crippen LogP contribution in [0.4, 0.5) is 5.95 Å². The van der Waals surface area contributed by atoms with Crippen molar-refractivity contribution in [2.45, 2.75) is 20.3 Å². The number of nitrogens with zero attached hydrogens (tertiary/aromatic N) is 4. The van der Waals surface area contributed by atoms with E-state index in [0.717, 1.165) is 23.1 Å². The van der Waals surface area contributed by atoms with Gasteiger partial charge in [0.2, 0.25) is 5.95 Å².